The number of allylic oxidation sites excluding steroid dienone is 2. The Morgan fingerprint density at radius 2 is 1.81 bits per heavy atom. The van der Waals surface area contributed by atoms with Crippen molar-refractivity contribution in [2.75, 3.05) is 0 Å². The van der Waals surface area contributed by atoms with Gasteiger partial charge in [-0.05, 0) is 47.1 Å². The van der Waals surface area contributed by atoms with Crippen molar-refractivity contribution in [2.45, 2.75) is 31.7 Å². The Labute approximate surface area is 183 Å². The van der Waals surface area contributed by atoms with Crippen molar-refractivity contribution in [1.29, 1.82) is 5.26 Å². The van der Waals surface area contributed by atoms with Crippen molar-refractivity contribution >= 4 is 16.7 Å². The summed E-state index contributed by atoms with van der Waals surface area (Å²) in [5.74, 6) is 0.470. The number of nitrogens with zero attached hydrogens (tertiary/aromatic N) is 1. The Morgan fingerprint density at radius 1 is 1.06 bits per heavy atom. The van der Waals surface area contributed by atoms with Crippen molar-refractivity contribution in [3.05, 3.63) is 96.1 Å². The van der Waals surface area contributed by atoms with Crippen LogP contribution in [-0.4, -0.2) is 5.91 Å². The molecule has 3 heteroatoms. The van der Waals surface area contributed by atoms with E-state index < -0.39 is 5.41 Å². The van der Waals surface area contributed by atoms with E-state index in [2.05, 4.69) is 59.9 Å². The van der Waals surface area contributed by atoms with E-state index in [0.29, 0.717) is 5.92 Å². The van der Waals surface area contributed by atoms with Crippen LogP contribution in [0.15, 0.2) is 84.9 Å². The summed E-state index contributed by atoms with van der Waals surface area (Å²) in [6.07, 6.45) is 5.59. The Morgan fingerprint density at radius 3 is 2.61 bits per heavy atom. The monoisotopic (exact) mass is 406 g/mol. The third-order valence-corrected chi connectivity index (χ3v) is 7.25. The second-order valence-corrected chi connectivity index (χ2v) is 8.97. The highest BCUT2D eigenvalue weighted by atomic mass is 16.1. The molecule has 3 nitrogen and oxygen atoms in total. The van der Waals surface area contributed by atoms with Crippen LogP contribution in [0.2, 0.25) is 0 Å². The van der Waals surface area contributed by atoms with E-state index in [-0.39, 0.29) is 30.2 Å². The number of hydrogen-bond acceptors (Lipinski definition) is 2. The van der Waals surface area contributed by atoms with Gasteiger partial charge < -0.3 is 5.32 Å². The maximum Gasteiger partial charge on any atom is 0.222 e. The molecule has 154 valence electrons. The van der Waals surface area contributed by atoms with Gasteiger partial charge in [-0.1, -0.05) is 84.9 Å². The summed E-state index contributed by atoms with van der Waals surface area (Å²) >= 11 is 0. The van der Waals surface area contributed by atoms with Gasteiger partial charge in [0.25, 0.3) is 0 Å². The number of nitrogens with one attached hydrogen (secondary N) is 1. The molecule has 5 unspecified atom stereocenters. The molecule has 2 aliphatic rings. The van der Waals surface area contributed by atoms with E-state index in [0.717, 1.165) is 28.3 Å². The molecule has 0 saturated heterocycles. The maximum absolute atomic E-state index is 13.2. The van der Waals surface area contributed by atoms with Gasteiger partial charge in [0.1, 0.15) is 0 Å². The molecule has 1 fully saturated rings. The average Bonchev–Trinajstić information content (AvgIpc) is 3.39. The van der Waals surface area contributed by atoms with Crippen LogP contribution >= 0.6 is 0 Å². The lowest BCUT2D eigenvalue weighted by molar-refractivity contribution is -0.123. The van der Waals surface area contributed by atoms with Crippen LogP contribution < -0.4 is 5.32 Å². The first-order valence-electron chi connectivity index (χ1n) is 11.0. The first kappa shape index (κ1) is 19.6. The molecule has 0 aliphatic heterocycles. The van der Waals surface area contributed by atoms with Crippen LogP contribution in [-0.2, 0) is 4.79 Å². The lowest BCUT2D eigenvalue weighted by Gasteiger charge is -2.36. The van der Waals surface area contributed by atoms with E-state index in [1.165, 1.54) is 0 Å². The third kappa shape index (κ3) is 3.24. The van der Waals surface area contributed by atoms with Gasteiger partial charge in [0.15, 0.2) is 0 Å². The number of amides is 1. The molecule has 31 heavy (non-hydrogen) atoms. The second-order valence-electron chi connectivity index (χ2n) is 8.97. The molecular weight excluding hydrogens is 380 g/mol. The van der Waals surface area contributed by atoms with Gasteiger partial charge in [0.2, 0.25) is 5.91 Å². The SMILES string of the molecule is CC(NC(=O)CC1(C#N)C2C=CC(C2)C1c1ccccc1)c1cccc2ccccc12. The molecule has 1 N–H and O–H groups in total. The number of benzene rings is 3. The lowest BCUT2D eigenvalue weighted by Crippen LogP contribution is -2.38. The first-order chi connectivity index (χ1) is 15.1. The molecule has 2 aliphatic carbocycles. The minimum Gasteiger partial charge on any atom is -0.350 e. The van der Waals surface area contributed by atoms with Gasteiger partial charge in [-0.15, -0.1) is 0 Å². The fourth-order valence-corrected chi connectivity index (χ4v) is 5.87. The quantitative estimate of drug-likeness (QED) is 0.536. The fraction of sp³-hybridized carbons (Fsp3) is 0.286. The summed E-state index contributed by atoms with van der Waals surface area (Å²) in [4.78, 5) is 13.2. The highest BCUT2D eigenvalue weighted by Gasteiger charge is 2.57. The summed E-state index contributed by atoms with van der Waals surface area (Å²) in [6.45, 7) is 2.02. The highest BCUT2D eigenvalue weighted by molar-refractivity contribution is 5.87. The number of fused-ring (bicyclic) bond motifs is 3. The van der Waals surface area contributed by atoms with Crippen molar-refractivity contribution in [3.8, 4) is 6.07 Å². The Hall–Kier alpha value is -3.38. The molecule has 2 bridgehead atoms. The molecule has 5 atom stereocenters. The fourth-order valence-electron chi connectivity index (χ4n) is 5.87. The summed E-state index contributed by atoms with van der Waals surface area (Å²) in [7, 11) is 0. The normalized spacial score (nSPS) is 27.2. The predicted molar refractivity (Wildman–Crippen MR) is 123 cm³/mol. The zero-order valence-electron chi connectivity index (χ0n) is 17.7. The number of carbonyl (C=O) groups excluding carboxylic acids is 1. The predicted octanol–water partition coefficient (Wildman–Crippen LogP) is 5.91. The van der Waals surface area contributed by atoms with Crippen LogP contribution in [0.5, 0.6) is 0 Å². The molecule has 1 amide bonds. The standard InChI is InChI=1S/C28H26N2O/c1-19(24-13-7-11-20-8-5-6-12-25(20)24)30-26(31)17-28(18-29)23-15-14-22(16-23)27(28)21-9-3-2-4-10-21/h2-15,19,22-23,27H,16-17H2,1H3,(H,30,31). The van der Waals surface area contributed by atoms with Crippen molar-refractivity contribution in [3.63, 3.8) is 0 Å². The van der Waals surface area contributed by atoms with E-state index >= 15 is 0 Å². The van der Waals surface area contributed by atoms with Crippen LogP contribution in [0, 0.1) is 28.6 Å². The van der Waals surface area contributed by atoms with Gasteiger partial charge >= 0.3 is 0 Å². The average molecular weight is 407 g/mol. The topological polar surface area (TPSA) is 52.9 Å². The molecule has 0 radical (unpaired) electrons. The largest absolute Gasteiger partial charge is 0.350 e. The smallest absolute Gasteiger partial charge is 0.222 e. The molecule has 3 aromatic rings. The summed E-state index contributed by atoms with van der Waals surface area (Å²) in [5, 5.41) is 15.9. The number of carbonyl (C=O) groups is 1. The summed E-state index contributed by atoms with van der Waals surface area (Å²) in [5.41, 5.74) is 1.57. The van der Waals surface area contributed by atoms with Gasteiger partial charge in [-0.25, -0.2) is 0 Å². The molecule has 0 aromatic heterocycles. The minimum atomic E-state index is -0.691. The Kier molecular flexibility index (Phi) is 4.87. The van der Waals surface area contributed by atoms with Crippen LogP contribution in [0.1, 0.15) is 42.9 Å². The molecule has 0 spiro atoms. The van der Waals surface area contributed by atoms with E-state index in [1.54, 1.807) is 0 Å². The number of rotatable bonds is 5. The lowest BCUT2D eigenvalue weighted by atomic mass is 9.65. The molecular formula is C28H26N2O. The van der Waals surface area contributed by atoms with Gasteiger partial charge in [-0.2, -0.15) is 5.26 Å². The molecule has 5 rings (SSSR count). The van der Waals surface area contributed by atoms with Crippen molar-refractivity contribution in [2.24, 2.45) is 17.3 Å². The van der Waals surface area contributed by atoms with Crippen LogP contribution in [0.3, 0.4) is 0 Å². The van der Waals surface area contributed by atoms with Gasteiger partial charge in [0.05, 0.1) is 17.5 Å². The van der Waals surface area contributed by atoms with E-state index in [4.69, 9.17) is 0 Å². The Balaban J connectivity index is 1.41. The van der Waals surface area contributed by atoms with E-state index in [1.807, 2.05) is 43.3 Å². The van der Waals surface area contributed by atoms with Gasteiger partial charge in [0, 0.05) is 12.3 Å². The zero-order chi connectivity index (χ0) is 21.4. The number of hydrogen-bond donors (Lipinski definition) is 1. The summed E-state index contributed by atoms with van der Waals surface area (Å²) < 4.78 is 0. The molecule has 1 saturated carbocycles. The third-order valence-electron chi connectivity index (χ3n) is 7.25. The van der Waals surface area contributed by atoms with Gasteiger partial charge in [-0.3, -0.25) is 4.79 Å². The maximum atomic E-state index is 13.2. The molecule has 3 aromatic carbocycles. The minimum absolute atomic E-state index is 0.0520. The highest BCUT2D eigenvalue weighted by Crippen LogP contribution is 2.62. The van der Waals surface area contributed by atoms with E-state index in [9.17, 15) is 10.1 Å². The zero-order valence-corrected chi connectivity index (χ0v) is 17.7. The Bertz CT molecular complexity index is 1190. The summed E-state index contributed by atoms with van der Waals surface area (Å²) in [6, 6.07) is 27.2. The van der Waals surface area contributed by atoms with Crippen molar-refractivity contribution in [1.82, 2.24) is 5.32 Å². The van der Waals surface area contributed by atoms with Crippen LogP contribution in [0.25, 0.3) is 10.8 Å². The van der Waals surface area contributed by atoms with Crippen LogP contribution in [0.4, 0.5) is 0 Å². The van der Waals surface area contributed by atoms with Crippen molar-refractivity contribution < 1.29 is 4.79 Å². The number of nitriles is 1. The first-order valence-corrected chi connectivity index (χ1v) is 11.0. The molecule has 0 heterocycles. The second kappa shape index (κ2) is 7.71.